The van der Waals surface area contributed by atoms with Gasteiger partial charge in [0.25, 0.3) is 0 Å². The van der Waals surface area contributed by atoms with Gasteiger partial charge in [0.15, 0.2) is 0 Å². The van der Waals surface area contributed by atoms with E-state index in [0.717, 1.165) is 0 Å². The smallest absolute Gasteiger partial charge is 0.415 e. The molecule has 0 saturated carbocycles. The molecule has 7 heteroatoms. The summed E-state index contributed by atoms with van der Waals surface area (Å²) in [5, 5.41) is 9.03. The fraction of sp³-hybridized carbons (Fsp3) is 0.222. The number of para-hydroxylation sites is 2. The molecule has 0 radical (unpaired) electrons. The third-order valence-corrected chi connectivity index (χ3v) is 5.45. The number of nitrogens with zero attached hydrogens (tertiary/aromatic N) is 2. The van der Waals surface area contributed by atoms with Crippen LogP contribution in [0.15, 0.2) is 60.7 Å². The molecule has 2 aromatic rings. The van der Waals surface area contributed by atoms with Gasteiger partial charge in [0.1, 0.15) is 24.3 Å². The van der Waals surface area contributed by atoms with E-state index in [0.29, 0.717) is 22.9 Å². The van der Waals surface area contributed by atoms with Gasteiger partial charge < -0.3 is 13.9 Å². The van der Waals surface area contributed by atoms with Crippen LogP contribution in [-0.2, 0) is 4.57 Å². The minimum absolute atomic E-state index is 0.0208. The summed E-state index contributed by atoms with van der Waals surface area (Å²) in [5.74, 6) is 0.863. The highest BCUT2D eigenvalue weighted by Gasteiger charge is 2.32. The second-order valence-electron chi connectivity index (χ2n) is 5.16. The van der Waals surface area contributed by atoms with Gasteiger partial charge in [-0.3, -0.25) is 0 Å². The number of hydrogen-bond donors (Lipinski definition) is 0. The highest BCUT2D eigenvalue weighted by Crippen LogP contribution is 2.49. The molecule has 0 saturated heterocycles. The van der Waals surface area contributed by atoms with Gasteiger partial charge in [0.05, 0.1) is 11.1 Å². The van der Waals surface area contributed by atoms with Crippen LogP contribution < -0.4 is 9.05 Å². The maximum atomic E-state index is 13.4. The minimum atomic E-state index is -3.63. The highest BCUT2D eigenvalue weighted by molar-refractivity contribution is 7.80. The van der Waals surface area contributed by atoms with E-state index in [9.17, 15) is 4.57 Å². The molecule has 0 unspecified atom stereocenters. The third-order valence-electron chi connectivity index (χ3n) is 3.24. The second kappa shape index (κ2) is 9.22. The number of nitriles is 1. The molecular weight excluding hydrogens is 355 g/mol. The summed E-state index contributed by atoms with van der Waals surface area (Å²) in [7, 11) is -3.63. The summed E-state index contributed by atoms with van der Waals surface area (Å²) < 4.78 is 24.8. The molecule has 0 aliphatic carbocycles. The molecule has 0 N–H and O–H groups in total. The number of benzene rings is 2. The fourth-order valence-corrected chi connectivity index (χ4v) is 4.05. The van der Waals surface area contributed by atoms with Gasteiger partial charge in [-0.2, -0.15) is 5.26 Å². The van der Waals surface area contributed by atoms with Gasteiger partial charge in [-0.1, -0.05) is 55.5 Å². The second-order valence-corrected chi connectivity index (χ2v) is 7.51. The van der Waals surface area contributed by atoms with E-state index in [2.05, 4.69) is 0 Å². The van der Waals surface area contributed by atoms with Crippen molar-refractivity contribution in [1.82, 2.24) is 4.90 Å². The zero-order chi connectivity index (χ0) is 18.1. The van der Waals surface area contributed by atoms with E-state index in [1.165, 1.54) is 0 Å². The number of rotatable bonds is 8. The lowest BCUT2D eigenvalue weighted by Crippen LogP contribution is -2.32. The maximum Gasteiger partial charge on any atom is 0.449 e. The molecule has 25 heavy (non-hydrogen) atoms. The predicted octanol–water partition coefficient (Wildman–Crippen LogP) is 4.86. The Bertz CT molecular complexity index is 732. The molecule has 5 nitrogen and oxygen atoms in total. The van der Waals surface area contributed by atoms with Gasteiger partial charge in [-0.15, -0.1) is 0 Å². The van der Waals surface area contributed by atoms with Crippen LogP contribution in [0.2, 0.25) is 0 Å². The Kier molecular flexibility index (Phi) is 7.00. The standard InChI is InChI=1S/C18H19N2O3PS/c1-2-18(25)20(14-13-19)15-24(21,22-16-9-5-3-6-10-16)23-17-11-7-4-8-12-17/h3-12H,2,14-15H2,1H3. The van der Waals surface area contributed by atoms with Gasteiger partial charge in [-0.25, -0.2) is 4.57 Å². The topological polar surface area (TPSA) is 62.6 Å². The largest absolute Gasteiger partial charge is 0.449 e. The lowest BCUT2D eigenvalue weighted by atomic mass is 10.3. The quantitative estimate of drug-likeness (QED) is 0.374. The summed E-state index contributed by atoms with van der Waals surface area (Å²) >= 11 is 5.28. The maximum absolute atomic E-state index is 13.4. The van der Waals surface area contributed by atoms with Crippen molar-refractivity contribution in [3.8, 4) is 17.6 Å². The highest BCUT2D eigenvalue weighted by atomic mass is 32.1. The van der Waals surface area contributed by atoms with Crippen molar-refractivity contribution < 1.29 is 13.6 Å². The van der Waals surface area contributed by atoms with E-state index in [1.807, 2.05) is 25.1 Å². The first-order valence-electron chi connectivity index (χ1n) is 7.79. The Morgan fingerprint density at radius 2 is 1.56 bits per heavy atom. The molecule has 0 heterocycles. The van der Waals surface area contributed by atoms with Crippen molar-refractivity contribution in [2.45, 2.75) is 13.3 Å². The van der Waals surface area contributed by atoms with Crippen LogP contribution in [0.3, 0.4) is 0 Å². The van der Waals surface area contributed by atoms with Crippen molar-refractivity contribution >= 4 is 24.8 Å². The van der Waals surface area contributed by atoms with Crippen LogP contribution in [0.4, 0.5) is 0 Å². The van der Waals surface area contributed by atoms with E-state index in [1.54, 1.807) is 53.4 Å². The van der Waals surface area contributed by atoms with Gasteiger partial charge in [0.2, 0.25) is 0 Å². The van der Waals surface area contributed by atoms with Crippen LogP contribution in [0, 0.1) is 11.3 Å². The van der Waals surface area contributed by atoms with Crippen molar-refractivity contribution in [1.29, 1.82) is 5.26 Å². The van der Waals surface area contributed by atoms with Gasteiger partial charge in [0, 0.05) is 0 Å². The SMILES string of the molecule is CCC(=S)N(CC#N)CP(=O)(Oc1ccccc1)Oc1ccccc1. The normalized spacial score (nSPS) is 10.6. The Morgan fingerprint density at radius 1 is 1.08 bits per heavy atom. The van der Waals surface area contributed by atoms with Crippen LogP contribution >= 0.6 is 19.8 Å². The van der Waals surface area contributed by atoms with E-state index in [4.69, 9.17) is 26.5 Å². The summed E-state index contributed by atoms with van der Waals surface area (Å²) in [5.41, 5.74) is 0. The van der Waals surface area contributed by atoms with Gasteiger partial charge >= 0.3 is 7.60 Å². The van der Waals surface area contributed by atoms with Crippen molar-refractivity contribution in [2.75, 3.05) is 12.8 Å². The van der Waals surface area contributed by atoms with Crippen molar-refractivity contribution in [3.63, 3.8) is 0 Å². The monoisotopic (exact) mass is 374 g/mol. The van der Waals surface area contributed by atoms with Crippen molar-refractivity contribution in [2.24, 2.45) is 0 Å². The molecule has 0 aliphatic heterocycles. The van der Waals surface area contributed by atoms with E-state index >= 15 is 0 Å². The fourth-order valence-electron chi connectivity index (χ4n) is 2.10. The lowest BCUT2D eigenvalue weighted by Gasteiger charge is -2.27. The predicted molar refractivity (Wildman–Crippen MR) is 102 cm³/mol. The first-order valence-corrected chi connectivity index (χ1v) is 9.93. The Labute approximate surface area is 153 Å². The number of hydrogen-bond acceptors (Lipinski definition) is 5. The average molecular weight is 374 g/mol. The minimum Gasteiger partial charge on any atom is -0.415 e. The molecule has 0 fully saturated rings. The molecule has 2 aromatic carbocycles. The Hall–Kier alpha value is -2.35. The van der Waals surface area contributed by atoms with Gasteiger partial charge in [-0.05, 0) is 30.7 Å². The molecule has 2 rings (SSSR count). The molecular formula is C18H19N2O3PS. The lowest BCUT2D eigenvalue weighted by molar-refractivity contribution is 0.361. The zero-order valence-electron chi connectivity index (χ0n) is 13.9. The number of thiocarbonyl (C=S) groups is 1. The average Bonchev–Trinajstić information content (AvgIpc) is 2.62. The van der Waals surface area contributed by atoms with Crippen LogP contribution in [0.25, 0.3) is 0 Å². The van der Waals surface area contributed by atoms with E-state index in [-0.39, 0.29) is 12.8 Å². The Balaban J connectivity index is 2.28. The van der Waals surface area contributed by atoms with Crippen LogP contribution in [-0.4, -0.2) is 22.7 Å². The summed E-state index contributed by atoms with van der Waals surface area (Å²) in [4.78, 5) is 2.09. The van der Waals surface area contributed by atoms with Crippen LogP contribution in [0.5, 0.6) is 11.5 Å². The van der Waals surface area contributed by atoms with Crippen molar-refractivity contribution in [3.05, 3.63) is 60.7 Å². The molecule has 0 spiro atoms. The van der Waals surface area contributed by atoms with Crippen LogP contribution in [0.1, 0.15) is 13.3 Å². The molecule has 0 aliphatic rings. The Morgan fingerprint density at radius 3 is 1.96 bits per heavy atom. The molecule has 0 bridgehead atoms. The first kappa shape index (κ1) is 19.0. The summed E-state index contributed by atoms with van der Waals surface area (Å²) in [6, 6.07) is 19.7. The molecule has 0 atom stereocenters. The molecule has 0 amide bonds. The third kappa shape index (κ3) is 5.90. The molecule has 0 aromatic heterocycles. The molecule has 130 valence electrons. The first-order chi connectivity index (χ1) is 12.1. The van der Waals surface area contributed by atoms with E-state index < -0.39 is 7.60 Å². The zero-order valence-corrected chi connectivity index (χ0v) is 15.6. The summed E-state index contributed by atoms with van der Waals surface area (Å²) in [6.45, 7) is 1.90. The summed E-state index contributed by atoms with van der Waals surface area (Å²) in [6.07, 6.45) is 0.463.